The van der Waals surface area contributed by atoms with E-state index in [4.69, 9.17) is 21.3 Å². The first-order chi connectivity index (χ1) is 14.6. The van der Waals surface area contributed by atoms with Crippen molar-refractivity contribution in [3.05, 3.63) is 95.0 Å². The molecule has 4 aromatic rings. The average Bonchev–Trinajstić information content (AvgIpc) is 2.78. The first-order valence-electron chi connectivity index (χ1n) is 9.37. The minimum Gasteiger partial charge on any atom is -0.497 e. The summed E-state index contributed by atoms with van der Waals surface area (Å²) in [4.78, 5) is 18.6. The molecule has 1 aromatic heterocycles. The van der Waals surface area contributed by atoms with E-state index in [1.807, 2.05) is 78.9 Å². The van der Waals surface area contributed by atoms with Gasteiger partial charge in [-0.05, 0) is 42.0 Å². The van der Waals surface area contributed by atoms with Crippen molar-refractivity contribution in [3.63, 3.8) is 0 Å². The molecule has 1 amide bonds. The summed E-state index contributed by atoms with van der Waals surface area (Å²) < 4.78 is 5.25. The van der Waals surface area contributed by atoms with Gasteiger partial charge < -0.3 is 10.1 Å². The fraction of sp³-hybridized carbons (Fsp3) is 0.0833. The number of pyridine rings is 1. The van der Waals surface area contributed by atoms with Crippen LogP contribution in [0.25, 0.3) is 10.9 Å². The highest BCUT2D eigenvalue weighted by atomic mass is 35.5. The van der Waals surface area contributed by atoms with Crippen LogP contribution in [0.3, 0.4) is 0 Å². The summed E-state index contributed by atoms with van der Waals surface area (Å²) in [6, 6.07) is 24.7. The molecule has 1 heterocycles. The number of halogens is 1. The van der Waals surface area contributed by atoms with Crippen molar-refractivity contribution in [2.45, 2.75) is 16.5 Å². The number of ether oxygens (including phenoxy) is 1. The molecular formula is C24H19ClN2O2S. The fourth-order valence-corrected chi connectivity index (χ4v) is 4.20. The maximum atomic E-state index is 13.1. The van der Waals surface area contributed by atoms with E-state index in [2.05, 4.69) is 5.32 Å². The Hall–Kier alpha value is -3.02. The van der Waals surface area contributed by atoms with Crippen LogP contribution in [0, 0.1) is 0 Å². The Labute approximate surface area is 184 Å². The second-order valence-corrected chi connectivity index (χ2v) is 8.06. The summed E-state index contributed by atoms with van der Waals surface area (Å²) in [6.07, 6.45) is 0. The number of aromatic nitrogens is 1. The van der Waals surface area contributed by atoms with Crippen molar-refractivity contribution < 1.29 is 9.53 Å². The molecular weight excluding hydrogens is 416 g/mol. The number of rotatable bonds is 6. The third kappa shape index (κ3) is 4.58. The standard InChI is InChI=1S/C24H19ClN2O2S/c1-29-17-8-6-7-16(13-17)15-26-24(28)19-14-23(27-21-11-4-2-9-18(19)21)30-22-12-5-3-10-20(22)25/h2-14H,15H2,1H3,(H,26,28). The zero-order valence-electron chi connectivity index (χ0n) is 16.3. The Kier molecular flexibility index (Phi) is 6.21. The van der Waals surface area contributed by atoms with E-state index in [9.17, 15) is 4.79 Å². The third-order valence-electron chi connectivity index (χ3n) is 4.58. The molecule has 4 nitrogen and oxygen atoms in total. The van der Waals surface area contributed by atoms with Crippen molar-refractivity contribution in [3.8, 4) is 5.75 Å². The summed E-state index contributed by atoms with van der Waals surface area (Å²) in [5.74, 6) is 0.604. The number of fused-ring (bicyclic) bond motifs is 1. The molecule has 0 unspecified atom stereocenters. The molecule has 0 bridgehead atoms. The molecule has 6 heteroatoms. The van der Waals surface area contributed by atoms with Gasteiger partial charge in [-0.25, -0.2) is 4.98 Å². The van der Waals surface area contributed by atoms with E-state index in [0.717, 1.165) is 27.1 Å². The molecule has 4 rings (SSSR count). The SMILES string of the molecule is COc1cccc(CNC(=O)c2cc(Sc3ccccc3Cl)nc3ccccc23)c1. The number of benzene rings is 3. The van der Waals surface area contributed by atoms with Gasteiger partial charge in [0.2, 0.25) is 0 Å². The van der Waals surface area contributed by atoms with Gasteiger partial charge >= 0.3 is 0 Å². The predicted octanol–water partition coefficient (Wildman–Crippen LogP) is 5.98. The van der Waals surface area contributed by atoms with Crippen molar-refractivity contribution in [2.75, 3.05) is 7.11 Å². The molecule has 30 heavy (non-hydrogen) atoms. The Morgan fingerprint density at radius 2 is 1.83 bits per heavy atom. The van der Waals surface area contributed by atoms with Gasteiger partial charge in [0.1, 0.15) is 10.8 Å². The maximum absolute atomic E-state index is 13.1. The van der Waals surface area contributed by atoms with Crippen molar-refractivity contribution >= 4 is 40.2 Å². The molecule has 150 valence electrons. The summed E-state index contributed by atoms with van der Waals surface area (Å²) >= 11 is 7.74. The van der Waals surface area contributed by atoms with Crippen LogP contribution in [-0.2, 0) is 6.54 Å². The molecule has 0 fully saturated rings. The molecule has 0 atom stereocenters. The highest BCUT2D eigenvalue weighted by molar-refractivity contribution is 7.99. The van der Waals surface area contributed by atoms with Gasteiger partial charge in [0.15, 0.2) is 0 Å². The first-order valence-corrected chi connectivity index (χ1v) is 10.6. The van der Waals surface area contributed by atoms with Gasteiger partial charge in [0, 0.05) is 16.8 Å². The van der Waals surface area contributed by atoms with Crippen LogP contribution >= 0.6 is 23.4 Å². The zero-order valence-corrected chi connectivity index (χ0v) is 17.8. The topological polar surface area (TPSA) is 51.2 Å². The number of methoxy groups -OCH3 is 1. The van der Waals surface area contributed by atoms with Crippen LogP contribution in [0.4, 0.5) is 0 Å². The molecule has 0 spiro atoms. The highest BCUT2D eigenvalue weighted by Crippen LogP contribution is 2.34. The molecule has 0 aliphatic rings. The van der Waals surface area contributed by atoms with Crippen LogP contribution in [-0.4, -0.2) is 18.0 Å². The van der Waals surface area contributed by atoms with E-state index in [1.165, 1.54) is 11.8 Å². The largest absolute Gasteiger partial charge is 0.497 e. The highest BCUT2D eigenvalue weighted by Gasteiger charge is 2.14. The molecule has 0 saturated carbocycles. The number of nitrogens with zero attached hydrogens (tertiary/aromatic N) is 1. The predicted molar refractivity (Wildman–Crippen MR) is 121 cm³/mol. The number of hydrogen-bond donors (Lipinski definition) is 1. The quantitative estimate of drug-likeness (QED) is 0.405. The number of para-hydroxylation sites is 1. The van der Waals surface area contributed by atoms with E-state index >= 15 is 0 Å². The van der Waals surface area contributed by atoms with Gasteiger partial charge in [-0.3, -0.25) is 4.79 Å². The maximum Gasteiger partial charge on any atom is 0.252 e. The lowest BCUT2D eigenvalue weighted by atomic mass is 10.1. The molecule has 0 aliphatic heterocycles. The van der Waals surface area contributed by atoms with E-state index in [1.54, 1.807) is 7.11 Å². The number of carbonyl (C=O) groups is 1. The molecule has 0 radical (unpaired) electrons. The van der Waals surface area contributed by atoms with E-state index in [-0.39, 0.29) is 5.91 Å². The van der Waals surface area contributed by atoms with Gasteiger partial charge in [-0.1, -0.05) is 65.8 Å². The Morgan fingerprint density at radius 1 is 1.03 bits per heavy atom. The summed E-state index contributed by atoms with van der Waals surface area (Å²) in [6.45, 7) is 0.402. The second kappa shape index (κ2) is 9.20. The third-order valence-corrected chi connectivity index (χ3v) is 6.01. The zero-order chi connectivity index (χ0) is 20.9. The number of carbonyl (C=O) groups excluding carboxylic acids is 1. The van der Waals surface area contributed by atoms with Gasteiger partial charge in [-0.2, -0.15) is 0 Å². The van der Waals surface area contributed by atoms with Gasteiger partial charge in [0.05, 0.1) is 23.2 Å². The fourth-order valence-electron chi connectivity index (χ4n) is 3.09. The van der Waals surface area contributed by atoms with Crippen LogP contribution in [0.1, 0.15) is 15.9 Å². The number of amides is 1. The Morgan fingerprint density at radius 3 is 2.67 bits per heavy atom. The minimum absolute atomic E-state index is 0.155. The van der Waals surface area contributed by atoms with Crippen LogP contribution < -0.4 is 10.1 Å². The van der Waals surface area contributed by atoms with Crippen LogP contribution in [0.2, 0.25) is 5.02 Å². The summed E-state index contributed by atoms with van der Waals surface area (Å²) in [5.41, 5.74) is 2.31. The lowest BCUT2D eigenvalue weighted by Crippen LogP contribution is -2.23. The lowest BCUT2D eigenvalue weighted by Gasteiger charge is -2.11. The summed E-state index contributed by atoms with van der Waals surface area (Å²) in [5, 5.41) is 5.18. The second-order valence-electron chi connectivity index (χ2n) is 6.59. The van der Waals surface area contributed by atoms with E-state index < -0.39 is 0 Å². The first kappa shape index (κ1) is 20.3. The molecule has 0 aliphatic carbocycles. The van der Waals surface area contributed by atoms with Gasteiger partial charge in [0.25, 0.3) is 5.91 Å². The van der Waals surface area contributed by atoms with Crippen molar-refractivity contribution in [2.24, 2.45) is 0 Å². The Bertz CT molecular complexity index is 1210. The average molecular weight is 435 g/mol. The normalized spacial score (nSPS) is 10.7. The lowest BCUT2D eigenvalue weighted by molar-refractivity contribution is 0.0952. The number of hydrogen-bond acceptors (Lipinski definition) is 4. The van der Waals surface area contributed by atoms with E-state index in [0.29, 0.717) is 22.2 Å². The molecule has 0 saturated heterocycles. The Balaban J connectivity index is 1.63. The minimum atomic E-state index is -0.155. The van der Waals surface area contributed by atoms with Crippen LogP contribution in [0.15, 0.2) is 88.8 Å². The monoisotopic (exact) mass is 434 g/mol. The van der Waals surface area contributed by atoms with Crippen molar-refractivity contribution in [1.29, 1.82) is 0 Å². The van der Waals surface area contributed by atoms with Crippen LogP contribution in [0.5, 0.6) is 5.75 Å². The van der Waals surface area contributed by atoms with Gasteiger partial charge in [-0.15, -0.1) is 0 Å². The number of nitrogens with one attached hydrogen (secondary N) is 1. The molecule has 1 N–H and O–H groups in total. The molecule has 3 aromatic carbocycles. The smallest absolute Gasteiger partial charge is 0.252 e. The summed E-state index contributed by atoms with van der Waals surface area (Å²) in [7, 11) is 1.62. The van der Waals surface area contributed by atoms with Crippen molar-refractivity contribution in [1.82, 2.24) is 10.3 Å².